The van der Waals surface area contributed by atoms with Gasteiger partial charge in [-0.3, -0.25) is 9.52 Å². The van der Waals surface area contributed by atoms with Gasteiger partial charge in [-0.15, -0.1) is 0 Å². The van der Waals surface area contributed by atoms with Crippen LogP contribution in [0.5, 0.6) is 0 Å². The van der Waals surface area contributed by atoms with Crippen LogP contribution in [0.15, 0.2) is 41.4 Å². The van der Waals surface area contributed by atoms with Gasteiger partial charge in [0.15, 0.2) is 0 Å². The van der Waals surface area contributed by atoms with Gasteiger partial charge in [0.25, 0.3) is 10.0 Å². The van der Waals surface area contributed by atoms with Crippen molar-refractivity contribution < 1.29 is 13.2 Å². The zero-order valence-corrected chi connectivity index (χ0v) is 14.1. The molecule has 1 aromatic heterocycles. The van der Waals surface area contributed by atoms with Crippen molar-refractivity contribution in [3.63, 3.8) is 0 Å². The standard InChI is InChI=1S/C15H20N4O3S/c1-4-15(20)17-12-5-7-13(8-6-12)23(21,22)18-14-9-10-16-19(14)11(2)3/h5-11,18H,4H2,1-3H3,(H,17,20). The summed E-state index contributed by atoms with van der Waals surface area (Å²) in [5, 5.41) is 6.76. The summed E-state index contributed by atoms with van der Waals surface area (Å²) in [7, 11) is -3.71. The fourth-order valence-electron chi connectivity index (χ4n) is 1.97. The lowest BCUT2D eigenvalue weighted by Crippen LogP contribution is -2.17. The Bertz CT molecular complexity index is 779. The number of rotatable bonds is 6. The van der Waals surface area contributed by atoms with Crippen molar-refractivity contribution in [2.75, 3.05) is 10.0 Å². The van der Waals surface area contributed by atoms with Crippen LogP contribution in [0.4, 0.5) is 11.5 Å². The number of amides is 1. The average Bonchev–Trinajstić information content (AvgIpc) is 2.95. The maximum atomic E-state index is 12.4. The minimum absolute atomic E-state index is 0.0364. The number of anilines is 2. The average molecular weight is 336 g/mol. The van der Waals surface area contributed by atoms with E-state index < -0.39 is 10.0 Å². The first-order valence-corrected chi connectivity index (χ1v) is 8.78. The van der Waals surface area contributed by atoms with E-state index >= 15 is 0 Å². The summed E-state index contributed by atoms with van der Waals surface area (Å²) >= 11 is 0. The maximum absolute atomic E-state index is 12.4. The summed E-state index contributed by atoms with van der Waals surface area (Å²) in [6.45, 7) is 5.57. The molecule has 0 fully saturated rings. The summed E-state index contributed by atoms with van der Waals surface area (Å²) in [6, 6.07) is 7.65. The Labute approximate surface area is 135 Å². The Morgan fingerprint density at radius 1 is 1.22 bits per heavy atom. The van der Waals surface area contributed by atoms with E-state index in [2.05, 4.69) is 15.1 Å². The molecule has 0 saturated carbocycles. The van der Waals surface area contributed by atoms with Crippen molar-refractivity contribution in [1.29, 1.82) is 0 Å². The number of sulfonamides is 1. The second-order valence-electron chi connectivity index (χ2n) is 5.29. The van der Waals surface area contributed by atoms with Crippen molar-refractivity contribution in [3.05, 3.63) is 36.5 Å². The van der Waals surface area contributed by atoms with Gasteiger partial charge in [0.1, 0.15) is 5.82 Å². The minimum atomic E-state index is -3.71. The first-order valence-electron chi connectivity index (χ1n) is 7.29. The van der Waals surface area contributed by atoms with Crippen molar-refractivity contribution in [1.82, 2.24) is 9.78 Å². The largest absolute Gasteiger partial charge is 0.326 e. The van der Waals surface area contributed by atoms with E-state index in [1.165, 1.54) is 12.1 Å². The van der Waals surface area contributed by atoms with Crippen LogP contribution in [-0.4, -0.2) is 24.1 Å². The van der Waals surface area contributed by atoms with E-state index in [1.807, 2.05) is 13.8 Å². The van der Waals surface area contributed by atoms with Crippen molar-refractivity contribution in [2.24, 2.45) is 0 Å². The van der Waals surface area contributed by atoms with Gasteiger partial charge < -0.3 is 5.32 Å². The molecule has 8 heteroatoms. The smallest absolute Gasteiger partial charge is 0.263 e. The summed E-state index contributed by atoms with van der Waals surface area (Å²) in [5.41, 5.74) is 0.558. The van der Waals surface area contributed by atoms with Crippen LogP contribution >= 0.6 is 0 Å². The Kier molecular flexibility index (Phi) is 5.05. The van der Waals surface area contributed by atoms with Gasteiger partial charge in [-0.1, -0.05) is 6.92 Å². The topological polar surface area (TPSA) is 93.1 Å². The van der Waals surface area contributed by atoms with Crippen LogP contribution in [0.3, 0.4) is 0 Å². The molecule has 0 aliphatic carbocycles. The van der Waals surface area contributed by atoms with Gasteiger partial charge in [0, 0.05) is 24.2 Å². The van der Waals surface area contributed by atoms with Crippen LogP contribution in [0, 0.1) is 0 Å². The Balaban J connectivity index is 2.19. The molecule has 0 spiro atoms. The summed E-state index contributed by atoms with van der Waals surface area (Å²) in [4.78, 5) is 11.4. The highest BCUT2D eigenvalue weighted by Crippen LogP contribution is 2.20. The lowest BCUT2D eigenvalue weighted by atomic mass is 10.3. The lowest BCUT2D eigenvalue weighted by molar-refractivity contribution is -0.115. The fourth-order valence-corrected chi connectivity index (χ4v) is 3.02. The van der Waals surface area contributed by atoms with Crippen LogP contribution in [0.25, 0.3) is 0 Å². The van der Waals surface area contributed by atoms with Crippen molar-refractivity contribution >= 4 is 27.4 Å². The van der Waals surface area contributed by atoms with Gasteiger partial charge >= 0.3 is 0 Å². The first-order chi connectivity index (χ1) is 10.8. The maximum Gasteiger partial charge on any atom is 0.263 e. The molecule has 0 saturated heterocycles. The normalized spacial score (nSPS) is 11.5. The minimum Gasteiger partial charge on any atom is -0.326 e. The number of nitrogens with zero attached hydrogens (tertiary/aromatic N) is 2. The molecular weight excluding hydrogens is 316 g/mol. The second kappa shape index (κ2) is 6.82. The number of hydrogen-bond donors (Lipinski definition) is 2. The molecule has 0 aliphatic heterocycles. The molecule has 2 N–H and O–H groups in total. The van der Waals surface area contributed by atoms with E-state index in [0.29, 0.717) is 17.9 Å². The second-order valence-corrected chi connectivity index (χ2v) is 6.97. The van der Waals surface area contributed by atoms with Crippen molar-refractivity contribution in [2.45, 2.75) is 38.1 Å². The molecule has 1 aromatic carbocycles. The first kappa shape index (κ1) is 17.0. The lowest BCUT2D eigenvalue weighted by Gasteiger charge is -2.13. The van der Waals surface area contributed by atoms with E-state index in [0.717, 1.165) is 0 Å². The van der Waals surface area contributed by atoms with Gasteiger partial charge in [-0.2, -0.15) is 5.10 Å². The highest BCUT2D eigenvalue weighted by Gasteiger charge is 2.17. The highest BCUT2D eigenvalue weighted by atomic mass is 32.2. The van der Waals surface area contributed by atoms with Crippen LogP contribution in [0.2, 0.25) is 0 Å². The predicted molar refractivity (Wildman–Crippen MR) is 88.8 cm³/mol. The summed E-state index contributed by atoms with van der Waals surface area (Å²) in [6.07, 6.45) is 1.90. The molecule has 0 bridgehead atoms. The molecule has 0 radical (unpaired) electrons. The molecule has 2 aromatic rings. The number of carbonyl (C=O) groups is 1. The van der Waals surface area contributed by atoms with Crippen LogP contribution in [-0.2, 0) is 14.8 Å². The molecule has 7 nitrogen and oxygen atoms in total. The van der Waals surface area contributed by atoms with E-state index in [1.54, 1.807) is 36.0 Å². The zero-order chi connectivity index (χ0) is 17.0. The van der Waals surface area contributed by atoms with Crippen LogP contribution < -0.4 is 10.0 Å². The molecule has 0 aliphatic rings. The van der Waals surface area contributed by atoms with Crippen molar-refractivity contribution in [3.8, 4) is 0 Å². The van der Waals surface area contributed by atoms with E-state index in [9.17, 15) is 13.2 Å². The fraction of sp³-hybridized carbons (Fsp3) is 0.333. The summed E-state index contributed by atoms with van der Waals surface area (Å²) in [5.74, 6) is 0.280. The number of carbonyl (C=O) groups excluding carboxylic acids is 1. The third-order valence-electron chi connectivity index (χ3n) is 3.17. The van der Waals surface area contributed by atoms with Gasteiger partial charge in [-0.25, -0.2) is 13.1 Å². The van der Waals surface area contributed by atoms with Crippen LogP contribution in [0.1, 0.15) is 33.2 Å². The third kappa shape index (κ3) is 4.10. The molecular formula is C15H20N4O3S. The molecule has 0 atom stereocenters. The van der Waals surface area contributed by atoms with E-state index in [4.69, 9.17) is 0 Å². The molecule has 2 rings (SSSR count). The van der Waals surface area contributed by atoms with Gasteiger partial charge in [0.05, 0.1) is 11.1 Å². The number of benzene rings is 1. The number of hydrogen-bond acceptors (Lipinski definition) is 4. The van der Waals surface area contributed by atoms with Gasteiger partial charge in [0.2, 0.25) is 5.91 Å². The molecule has 1 amide bonds. The number of aromatic nitrogens is 2. The summed E-state index contributed by atoms with van der Waals surface area (Å²) < 4.78 is 29.0. The van der Waals surface area contributed by atoms with E-state index in [-0.39, 0.29) is 16.8 Å². The van der Waals surface area contributed by atoms with Gasteiger partial charge in [-0.05, 0) is 38.1 Å². The Hall–Kier alpha value is -2.35. The Morgan fingerprint density at radius 3 is 2.43 bits per heavy atom. The zero-order valence-electron chi connectivity index (χ0n) is 13.3. The highest BCUT2D eigenvalue weighted by molar-refractivity contribution is 7.92. The molecule has 1 heterocycles. The monoisotopic (exact) mass is 336 g/mol. The molecule has 23 heavy (non-hydrogen) atoms. The third-order valence-corrected chi connectivity index (χ3v) is 4.54. The molecule has 0 unspecified atom stereocenters. The SMILES string of the molecule is CCC(=O)Nc1ccc(S(=O)(=O)Nc2ccnn2C(C)C)cc1. The quantitative estimate of drug-likeness (QED) is 0.848. The Morgan fingerprint density at radius 2 is 1.87 bits per heavy atom. The number of nitrogens with one attached hydrogen (secondary N) is 2. The predicted octanol–water partition coefficient (Wildman–Crippen LogP) is 2.61. The molecule has 124 valence electrons.